The van der Waals surface area contributed by atoms with Crippen molar-refractivity contribution in [3.8, 4) is 23.0 Å². The minimum absolute atomic E-state index is 0.00149. The predicted octanol–water partition coefficient (Wildman–Crippen LogP) is 7.95. The van der Waals surface area contributed by atoms with Crippen LogP contribution in [0.5, 0.6) is 11.8 Å². The van der Waals surface area contributed by atoms with Crippen molar-refractivity contribution in [1.29, 1.82) is 0 Å². The number of anilines is 1. The van der Waals surface area contributed by atoms with E-state index >= 15 is 4.39 Å². The fraction of sp³-hybridized carbons (Fsp3) is 0.492. The number of imide groups is 1. The highest BCUT2D eigenvalue weighted by atomic mass is 19.1. The van der Waals surface area contributed by atoms with Crippen molar-refractivity contribution in [3.05, 3.63) is 94.8 Å². The third kappa shape index (κ3) is 9.19. The fourth-order valence-electron chi connectivity index (χ4n) is 13.9. The van der Waals surface area contributed by atoms with Crippen LogP contribution in [0.2, 0.25) is 0 Å². The number of carbonyl (C=O) groups is 3. The number of aromatic hydroxyl groups is 1. The van der Waals surface area contributed by atoms with Gasteiger partial charge in [0.2, 0.25) is 11.8 Å². The first-order valence-electron chi connectivity index (χ1n) is 28.2. The predicted molar refractivity (Wildman–Crippen MR) is 291 cm³/mol. The zero-order chi connectivity index (χ0) is 53.4. The van der Waals surface area contributed by atoms with Crippen LogP contribution in [0.1, 0.15) is 116 Å². The van der Waals surface area contributed by atoms with E-state index in [4.69, 9.17) is 29.9 Å². The average molecular weight is 1060 g/mol. The van der Waals surface area contributed by atoms with E-state index in [0.717, 1.165) is 103 Å². The Balaban J connectivity index is 0.687. The van der Waals surface area contributed by atoms with Crippen LogP contribution in [0.15, 0.2) is 60.8 Å². The van der Waals surface area contributed by atoms with E-state index < -0.39 is 23.4 Å². The monoisotopic (exact) mass is 1060 g/mol. The van der Waals surface area contributed by atoms with Crippen LogP contribution in [0.3, 0.4) is 0 Å². The van der Waals surface area contributed by atoms with Crippen molar-refractivity contribution in [1.82, 2.24) is 54.5 Å². The summed E-state index contributed by atoms with van der Waals surface area (Å²) in [7, 11) is 1.92. The van der Waals surface area contributed by atoms with Gasteiger partial charge in [0.25, 0.3) is 5.91 Å². The number of amides is 3. The van der Waals surface area contributed by atoms with Crippen molar-refractivity contribution < 1.29 is 33.0 Å². The van der Waals surface area contributed by atoms with Crippen LogP contribution in [-0.4, -0.2) is 143 Å². The molecule has 10 heterocycles. The molecule has 5 saturated heterocycles. The van der Waals surface area contributed by atoms with Gasteiger partial charge in [0, 0.05) is 76.3 Å². The largest absolute Gasteiger partial charge is 0.508 e. The zero-order valence-electron chi connectivity index (χ0n) is 44.4. The number of benzene rings is 3. The normalized spacial score (nSPS) is 22.9. The zero-order valence-corrected chi connectivity index (χ0v) is 44.4. The topological polar surface area (TPSA) is 180 Å². The van der Waals surface area contributed by atoms with E-state index in [9.17, 15) is 23.9 Å². The maximum Gasteiger partial charge on any atom is 0.319 e. The van der Waals surface area contributed by atoms with E-state index in [0.29, 0.717) is 106 Å². The lowest BCUT2D eigenvalue weighted by Gasteiger charge is -2.37. The number of nitrogens with one attached hydrogen (secondary N) is 1. The molecule has 7 aromatic rings. The second kappa shape index (κ2) is 20.3. The number of phenolic OH excluding ortho intramolecular Hbond substituents is 1. The van der Waals surface area contributed by atoms with Gasteiger partial charge in [-0.25, -0.2) is 8.78 Å². The molecule has 78 heavy (non-hydrogen) atoms. The van der Waals surface area contributed by atoms with Gasteiger partial charge >= 0.3 is 6.01 Å². The minimum Gasteiger partial charge on any atom is -0.508 e. The highest BCUT2D eigenvalue weighted by Gasteiger charge is 2.49. The third-order valence-corrected chi connectivity index (χ3v) is 18.0. The Morgan fingerprint density at radius 1 is 0.923 bits per heavy atom. The number of aryl methyl sites for hydroxylation is 3. The van der Waals surface area contributed by atoms with Gasteiger partial charge in [-0.15, -0.1) is 0 Å². The highest BCUT2D eigenvalue weighted by Crippen LogP contribution is 2.43. The summed E-state index contributed by atoms with van der Waals surface area (Å²) in [5, 5.41) is 25.9. The summed E-state index contributed by atoms with van der Waals surface area (Å²) in [6, 6.07) is 17.5. The van der Waals surface area contributed by atoms with E-state index in [1.165, 1.54) is 5.56 Å². The number of carbonyl (C=O) groups excluding carboxylic acids is 3. The standard InChI is InChI=1S/C59H66F2N12O5/c1-3-36-7-4-8-39-25-42(74)28-45(50(36)39)53-51(61)54-46(30-62-53)55(65-58(64-54)78-34-59-17-5-19-72(59)32-40(60)29-59)71-18-6-20-73-41(33-71)27-47(66-73)57(77)70-23-13-35(14-24-70)31-69-21-15-37(16-22-69)38-9-10-43-48(26-38)68(2)67-52(43)44-11-12-49(75)63-56(44)76/h4,7-10,25-28,30,35,37,40,44,74H,3,5-6,11-24,29,31-34H2,1-2H3,(H,63,75,76)/t40-,44?,59+/m1/s1. The van der Waals surface area contributed by atoms with Gasteiger partial charge in [-0.05, 0) is 135 Å². The first-order valence-corrected chi connectivity index (χ1v) is 28.2. The lowest BCUT2D eigenvalue weighted by molar-refractivity contribution is -0.134. The first kappa shape index (κ1) is 50.4. The van der Waals surface area contributed by atoms with Gasteiger partial charge in [-0.1, -0.05) is 37.3 Å². The molecule has 0 saturated carbocycles. The Morgan fingerprint density at radius 3 is 2.59 bits per heavy atom. The first-order chi connectivity index (χ1) is 37.9. The summed E-state index contributed by atoms with van der Waals surface area (Å²) >= 11 is 0. The molecule has 0 radical (unpaired) electrons. The molecule has 6 aliphatic rings. The molecule has 0 spiro atoms. The lowest BCUT2D eigenvalue weighted by Crippen LogP contribution is -2.43. The van der Waals surface area contributed by atoms with E-state index in [1.807, 2.05) is 52.5 Å². The maximum absolute atomic E-state index is 17.5. The molecule has 19 heteroatoms. The number of piperidine rings is 3. The Labute approximate surface area is 450 Å². The number of pyridine rings is 1. The maximum atomic E-state index is 17.5. The van der Waals surface area contributed by atoms with E-state index in [2.05, 4.69) is 38.2 Å². The molecule has 0 bridgehead atoms. The number of hydrogen-bond acceptors (Lipinski definition) is 13. The van der Waals surface area contributed by atoms with Crippen LogP contribution < -0.4 is 15.0 Å². The Bertz CT molecular complexity index is 3510. The molecule has 406 valence electrons. The van der Waals surface area contributed by atoms with Crippen molar-refractivity contribution in [2.75, 3.05) is 63.9 Å². The average Bonchev–Trinajstić information content (AvgIpc) is 4.31. The van der Waals surface area contributed by atoms with Gasteiger partial charge < -0.3 is 24.5 Å². The summed E-state index contributed by atoms with van der Waals surface area (Å²) in [4.78, 5) is 61.9. The molecule has 3 atom stereocenters. The number of likely N-dealkylation sites (tertiary alicyclic amines) is 2. The number of alkyl halides is 1. The van der Waals surface area contributed by atoms with Crippen LogP contribution >= 0.6 is 0 Å². The smallest absolute Gasteiger partial charge is 0.319 e. The number of phenols is 1. The number of nitrogens with zero attached hydrogens (tertiary/aromatic N) is 11. The summed E-state index contributed by atoms with van der Waals surface area (Å²) < 4.78 is 42.5. The van der Waals surface area contributed by atoms with Crippen molar-refractivity contribution >= 4 is 56.1 Å². The van der Waals surface area contributed by atoms with E-state index in [1.54, 1.807) is 18.3 Å². The number of ether oxygens (including phenoxy) is 1. The number of fused-ring (bicyclic) bond motifs is 5. The third-order valence-electron chi connectivity index (χ3n) is 18.0. The van der Waals surface area contributed by atoms with Gasteiger partial charge in [0.05, 0.1) is 40.3 Å². The fourth-order valence-corrected chi connectivity index (χ4v) is 13.9. The molecule has 3 amide bonds. The molecular weight excluding hydrogens is 995 g/mol. The quantitative estimate of drug-likeness (QED) is 0.119. The summed E-state index contributed by atoms with van der Waals surface area (Å²) in [5.41, 5.74) is 5.35. The van der Waals surface area contributed by atoms with Crippen molar-refractivity contribution in [3.63, 3.8) is 0 Å². The SMILES string of the molecule is CCc1cccc2cc(O)cc(-c3ncc4c(N5CCCn6nc(C(=O)N7CCC(CN8CCC(c9ccc%10c(C%11CCC(=O)NC%11=O)nn(C)c%10c9)CC8)CC7)cc6C5)nc(OC[C@@]56CCCN5C[C@H](F)C6)nc4c3F)c12. The van der Waals surface area contributed by atoms with Crippen molar-refractivity contribution in [2.45, 2.75) is 114 Å². The molecule has 4 aromatic heterocycles. The summed E-state index contributed by atoms with van der Waals surface area (Å²) in [6.07, 6.45) is 8.89. The number of rotatable bonds is 11. The molecule has 0 aliphatic carbocycles. The summed E-state index contributed by atoms with van der Waals surface area (Å²) in [6.45, 7) is 9.22. The Kier molecular flexibility index (Phi) is 13.1. The molecule has 1 unspecified atom stereocenters. The Morgan fingerprint density at radius 2 is 1.77 bits per heavy atom. The molecule has 5 fully saturated rings. The Hall–Kier alpha value is -7.12. The lowest BCUT2D eigenvalue weighted by atomic mass is 9.87. The molecule has 13 rings (SSSR count). The molecule has 6 aliphatic heterocycles. The van der Waals surface area contributed by atoms with Gasteiger partial charge in [-0.3, -0.25) is 38.9 Å². The van der Waals surface area contributed by atoms with E-state index in [-0.39, 0.29) is 47.3 Å². The van der Waals surface area contributed by atoms with Crippen LogP contribution in [0.25, 0.3) is 43.8 Å². The molecular formula is C59H66F2N12O5. The minimum atomic E-state index is -0.945. The van der Waals surface area contributed by atoms with Crippen LogP contribution in [0.4, 0.5) is 14.6 Å². The van der Waals surface area contributed by atoms with Gasteiger partial charge in [-0.2, -0.15) is 20.2 Å². The highest BCUT2D eigenvalue weighted by molar-refractivity contribution is 6.03. The molecule has 3 aromatic carbocycles. The number of aromatic nitrogens is 7. The number of halogens is 2. The molecule has 17 nitrogen and oxygen atoms in total. The molecule has 2 N–H and O–H groups in total. The second-order valence-corrected chi connectivity index (χ2v) is 22.9. The van der Waals surface area contributed by atoms with Crippen LogP contribution in [-0.2, 0) is 36.1 Å². The van der Waals surface area contributed by atoms with Gasteiger partial charge in [0.15, 0.2) is 11.5 Å². The number of hydrogen-bond donors (Lipinski definition) is 2. The summed E-state index contributed by atoms with van der Waals surface area (Å²) in [5.74, 6) is -0.292. The van der Waals surface area contributed by atoms with Gasteiger partial charge in [0.1, 0.15) is 35.6 Å². The van der Waals surface area contributed by atoms with Crippen molar-refractivity contribution in [2.24, 2.45) is 13.0 Å². The van der Waals surface area contributed by atoms with Crippen LogP contribution in [0, 0.1) is 11.7 Å². The second-order valence-electron chi connectivity index (χ2n) is 22.9.